The first-order valence-corrected chi connectivity index (χ1v) is 8.40. The van der Waals surface area contributed by atoms with Gasteiger partial charge in [-0.05, 0) is 31.5 Å². The first kappa shape index (κ1) is 15.2. The summed E-state index contributed by atoms with van der Waals surface area (Å²) in [4.78, 5) is 0. The molecule has 0 bridgehead atoms. The van der Waals surface area contributed by atoms with Crippen molar-refractivity contribution in [1.29, 1.82) is 0 Å². The van der Waals surface area contributed by atoms with Crippen LogP contribution in [0.15, 0.2) is 16.6 Å². The van der Waals surface area contributed by atoms with E-state index in [1.54, 1.807) is 0 Å². The normalized spacial score (nSPS) is 26.9. The standard InChI is InChI=1S/C16H20BrF2NO/c1-2-20-13-9-14(16(13)5-3-4-6-16)21-12-8-10(17)7-11(18)15(12)19/h7-8,13-14,20H,2-6,9H2,1H3. The van der Waals surface area contributed by atoms with Crippen molar-refractivity contribution in [2.75, 3.05) is 6.54 Å². The maximum Gasteiger partial charge on any atom is 0.200 e. The maximum atomic E-state index is 13.9. The lowest BCUT2D eigenvalue weighted by Gasteiger charge is -2.54. The number of nitrogens with one attached hydrogen (secondary N) is 1. The Balaban J connectivity index is 1.79. The summed E-state index contributed by atoms with van der Waals surface area (Å²) < 4.78 is 33.7. The van der Waals surface area contributed by atoms with E-state index < -0.39 is 11.6 Å². The molecular formula is C16H20BrF2NO. The lowest BCUT2D eigenvalue weighted by atomic mass is 9.60. The fourth-order valence-corrected chi connectivity index (χ4v) is 4.33. The van der Waals surface area contributed by atoms with E-state index in [0.29, 0.717) is 10.5 Å². The first-order chi connectivity index (χ1) is 10.1. The van der Waals surface area contributed by atoms with Crippen molar-refractivity contribution in [3.63, 3.8) is 0 Å². The van der Waals surface area contributed by atoms with Crippen LogP contribution in [0.5, 0.6) is 5.75 Å². The fourth-order valence-electron chi connectivity index (χ4n) is 3.92. The van der Waals surface area contributed by atoms with Crippen molar-refractivity contribution in [3.8, 4) is 5.75 Å². The third-order valence-electron chi connectivity index (χ3n) is 5.00. The quantitative estimate of drug-likeness (QED) is 0.803. The lowest BCUT2D eigenvalue weighted by molar-refractivity contribution is -0.0772. The highest BCUT2D eigenvalue weighted by Crippen LogP contribution is 2.54. The number of hydrogen-bond donors (Lipinski definition) is 1. The van der Waals surface area contributed by atoms with E-state index in [4.69, 9.17) is 4.74 Å². The van der Waals surface area contributed by atoms with Gasteiger partial charge in [-0.1, -0.05) is 35.7 Å². The van der Waals surface area contributed by atoms with Crippen molar-refractivity contribution < 1.29 is 13.5 Å². The summed E-state index contributed by atoms with van der Waals surface area (Å²) in [6.45, 7) is 3.03. The maximum absolute atomic E-state index is 13.9. The highest BCUT2D eigenvalue weighted by Gasteiger charge is 2.57. The molecule has 2 fully saturated rings. The molecule has 21 heavy (non-hydrogen) atoms. The van der Waals surface area contributed by atoms with Gasteiger partial charge in [0.05, 0.1) is 0 Å². The van der Waals surface area contributed by atoms with Crippen LogP contribution in [0.4, 0.5) is 8.78 Å². The molecule has 0 saturated heterocycles. The third kappa shape index (κ3) is 2.59. The van der Waals surface area contributed by atoms with Crippen molar-refractivity contribution >= 4 is 15.9 Å². The number of ether oxygens (including phenoxy) is 1. The summed E-state index contributed by atoms with van der Waals surface area (Å²) in [5.74, 6) is -1.74. The number of rotatable bonds is 4. The molecule has 1 N–H and O–H groups in total. The number of hydrogen-bond acceptors (Lipinski definition) is 2. The van der Waals surface area contributed by atoms with E-state index in [2.05, 4.69) is 28.2 Å². The van der Waals surface area contributed by atoms with Crippen LogP contribution < -0.4 is 10.1 Å². The second-order valence-electron chi connectivity index (χ2n) is 6.09. The van der Waals surface area contributed by atoms with Gasteiger partial charge in [0.25, 0.3) is 0 Å². The van der Waals surface area contributed by atoms with Crippen LogP contribution in [0, 0.1) is 17.0 Å². The minimum Gasteiger partial charge on any atom is -0.486 e. The predicted molar refractivity (Wildman–Crippen MR) is 81.5 cm³/mol. The van der Waals surface area contributed by atoms with E-state index in [-0.39, 0.29) is 17.3 Å². The van der Waals surface area contributed by atoms with Gasteiger partial charge in [0.1, 0.15) is 6.10 Å². The first-order valence-electron chi connectivity index (χ1n) is 7.61. The molecule has 2 unspecified atom stereocenters. The smallest absolute Gasteiger partial charge is 0.200 e. The van der Waals surface area contributed by atoms with E-state index in [9.17, 15) is 8.78 Å². The van der Waals surface area contributed by atoms with Crippen molar-refractivity contribution in [1.82, 2.24) is 5.32 Å². The molecule has 116 valence electrons. The highest BCUT2D eigenvalue weighted by atomic mass is 79.9. The minimum absolute atomic E-state index is 0.0211. The molecule has 0 amide bonds. The molecule has 2 nitrogen and oxygen atoms in total. The number of halogens is 3. The van der Waals surface area contributed by atoms with E-state index in [1.165, 1.54) is 18.9 Å². The van der Waals surface area contributed by atoms with Crippen LogP contribution >= 0.6 is 15.9 Å². The Labute approximate surface area is 132 Å². The fraction of sp³-hybridized carbons (Fsp3) is 0.625. The largest absolute Gasteiger partial charge is 0.486 e. The molecular weight excluding hydrogens is 340 g/mol. The topological polar surface area (TPSA) is 21.3 Å². The molecule has 1 spiro atoms. The number of benzene rings is 1. The zero-order valence-electron chi connectivity index (χ0n) is 12.1. The lowest BCUT2D eigenvalue weighted by Crippen LogP contribution is -2.63. The Kier molecular flexibility index (Phi) is 4.23. The van der Waals surface area contributed by atoms with Crippen LogP contribution in [0.1, 0.15) is 39.0 Å². The summed E-state index contributed by atoms with van der Waals surface area (Å²) >= 11 is 3.19. The summed E-state index contributed by atoms with van der Waals surface area (Å²) in [5, 5.41) is 3.51. The van der Waals surface area contributed by atoms with Gasteiger partial charge in [-0.25, -0.2) is 4.39 Å². The Morgan fingerprint density at radius 1 is 1.33 bits per heavy atom. The van der Waals surface area contributed by atoms with Gasteiger partial charge in [-0.15, -0.1) is 0 Å². The summed E-state index contributed by atoms with van der Waals surface area (Å²) in [7, 11) is 0. The second kappa shape index (κ2) is 5.84. The van der Waals surface area contributed by atoms with Crippen molar-refractivity contribution in [2.45, 2.75) is 51.2 Å². The Bertz CT molecular complexity index is 531. The summed E-state index contributed by atoms with van der Waals surface area (Å²) in [6, 6.07) is 3.08. The zero-order chi connectivity index (χ0) is 15.0. The molecule has 2 aliphatic carbocycles. The van der Waals surface area contributed by atoms with E-state index in [1.807, 2.05) is 0 Å². The highest BCUT2D eigenvalue weighted by molar-refractivity contribution is 9.10. The molecule has 0 aromatic heterocycles. The molecule has 0 aliphatic heterocycles. The van der Waals surface area contributed by atoms with Crippen LogP contribution in [-0.2, 0) is 0 Å². The zero-order valence-corrected chi connectivity index (χ0v) is 13.7. The Morgan fingerprint density at radius 3 is 2.71 bits per heavy atom. The molecule has 1 aromatic rings. The van der Waals surface area contributed by atoms with Gasteiger partial charge in [-0.2, -0.15) is 4.39 Å². The van der Waals surface area contributed by atoms with Gasteiger partial charge in [0.2, 0.25) is 5.82 Å². The third-order valence-corrected chi connectivity index (χ3v) is 5.46. The average Bonchev–Trinajstić information content (AvgIpc) is 2.95. The van der Waals surface area contributed by atoms with Crippen molar-refractivity contribution in [3.05, 3.63) is 28.2 Å². The van der Waals surface area contributed by atoms with Crippen LogP contribution in [-0.4, -0.2) is 18.7 Å². The molecule has 0 heterocycles. The Morgan fingerprint density at radius 2 is 2.05 bits per heavy atom. The van der Waals surface area contributed by atoms with E-state index in [0.717, 1.165) is 31.9 Å². The molecule has 2 aliphatic rings. The molecule has 2 atom stereocenters. The Hall–Kier alpha value is -0.680. The van der Waals surface area contributed by atoms with Gasteiger partial charge < -0.3 is 10.1 Å². The molecule has 5 heteroatoms. The van der Waals surface area contributed by atoms with Gasteiger partial charge in [-0.3, -0.25) is 0 Å². The average molecular weight is 360 g/mol. The van der Waals surface area contributed by atoms with Gasteiger partial charge in [0.15, 0.2) is 11.6 Å². The monoisotopic (exact) mass is 359 g/mol. The van der Waals surface area contributed by atoms with Crippen molar-refractivity contribution in [2.24, 2.45) is 5.41 Å². The van der Waals surface area contributed by atoms with Crippen LogP contribution in [0.2, 0.25) is 0 Å². The molecule has 2 saturated carbocycles. The van der Waals surface area contributed by atoms with E-state index >= 15 is 0 Å². The second-order valence-corrected chi connectivity index (χ2v) is 7.01. The van der Waals surface area contributed by atoms with Crippen LogP contribution in [0.3, 0.4) is 0 Å². The molecule has 1 aromatic carbocycles. The predicted octanol–water partition coefficient (Wildman–Crippen LogP) is 4.42. The summed E-state index contributed by atoms with van der Waals surface area (Å²) in [6.07, 6.45) is 5.43. The minimum atomic E-state index is -0.891. The van der Waals surface area contributed by atoms with Gasteiger partial charge >= 0.3 is 0 Å². The molecule has 3 rings (SSSR count). The van der Waals surface area contributed by atoms with Gasteiger partial charge in [0, 0.05) is 22.4 Å². The SMILES string of the molecule is CCNC1CC(Oc2cc(Br)cc(F)c2F)C12CCCC2. The molecule has 0 radical (unpaired) electrons. The van der Waals surface area contributed by atoms with Crippen LogP contribution in [0.25, 0.3) is 0 Å². The summed E-state index contributed by atoms with van der Waals surface area (Å²) in [5.41, 5.74) is 0.0985.